The number of hydrogen-bond acceptors (Lipinski definition) is 2. The van der Waals surface area contributed by atoms with Crippen molar-refractivity contribution >= 4 is 5.91 Å². The third-order valence-corrected chi connectivity index (χ3v) is 5.57. The summed E-state index contributed by atoms with van der Waals surface area (Å²) in [7, 11) is 1.97. The molecule has 1 saturated heterocycles. The zero-order chi connectivity index (χ0) is 18.8. The Bertz CT molecular complexity index is 925. The summed E-state index contributed by atoms with van der Waals surface area (Å²) < 4.78 is 4.20. The van der Waals surface area contributed by atoms with Gasteiger partial charge in [-0.3, -0.25) is 4.79 Å². The van der Waals surface area contributed by atoms with E-state index < -0.39 is 0 Å². The van der Waals surface area contributed by atoms with E-state index in [0.717, 1.165) is 55.3 Å². The number of carbonyl (C=O) groups excluding carboxylic acids is 1. The van der Waals surface area contributed by atoms with Gasteiger partial charge >= 0.3 is 0 Å². The molecule has 1 atom stereocenters. The van der Waals surface area contributed by atoms with Gasteiger partial charge in [-0.25, -0.2) is 4.98 Å². The summed E-state index contributed by atoms with van der Waals surface area (Å²) in [5.41, 5.74) is 2.93. The maximum Gasteiger partial charge on any atom is 0.270 e. The Morgan fingerprint density at radius 1 is 1.19 bits per heavy atom. The van der Waals surface area contributed by atoms with Crippen molar-refractivity contribution in [3.05, 3.63) is 66.4 Å². The highest BCUT2D eigenvalue weighted by molar-refractivity contribution is 5.94. The zero-order valence-corrected chi connectivity index (χ0v) is 16.0. The van der Waals surface area contributed by atoms with E-state index in [0.29, 0.717) is 5.92 Å². The molecule has 27 heavy (non-hydrogen) atoms. The van der Waals surface area contributed by atoms with Gasteiger partial charge in [-0.1, -0.05) is 30.3 Å². The van der Waals surface area contributed by atoms with E-state index in [2.05, 4.69) is 28.6 Å². The van der Waals surface area contributed by atoms with Crippen LogP contribution in [-0.2, 0) is 13.6 Å². The van der Waals surface area contributed by atoms with Crippen LogP contribution in [0.15, 0.2) is 54.9 Å². The lowest BCUT2D eigenvalue weighted by atomic mass is 9.97. The third kappa shape index (κ3) is 3.29. The van der Waals surface area contributed by atoms with E-state index in [1.165, 1.54) is 0 Å². The first-order chi connectivity index (χ1) is 13.2. The number of likely N-dealkylation sites (tertiary alicyclic amines) is 1. The molecule has 1 aliphatic heterocycles. The van der Waals surface area contributed by atoms with Gasteiger partial charge in [-0.2, -0.15) is 0 Å². The second kappa shape index (κ2) is 7.43. The van der Waals surface area contributed by atoms with E-state index in [4.69, 9.17) is 0 Å². The van der Waals surface area contributed by atoms with Crippen LogP contribution < -0.4 is 0 Å². The summed E-state index contributed by atoms with van der Waals surface area (Å²) >= 11 is 0. The molecule has 3 heterocycles. The summed E-state index contributed by atoms with van der Waals surface area (Å²) in [5.74, 6) is 1.53. The van der Waals surface area contributed by atoms with Gasteiger partial charge in [0.1, 0.15) is 11.5 Å². The molecule has 0 radical (unpaired) electrons. The van der Waals surface area contributed by atoms with Gasteiger partial charge in [0.05, 0.1) is 0 Å². The van der Waals surface area contributed by atoms with Crippen LogP contribution in [0, 0.1) is 0 Å². The molecule has 0 N–H and O–H groups in total. The lowest BCUT2D eigenvalue weighted by Crippen LogP contribution is -2.40. The zero-order valence-electron chi connectivity index (χ0n) is 16.0. The van der Waals surface area contributed by atoms with Gasteiger partial charge in [0.15, 0.2) is 0 Å². The summed E-state index contributed by atoms with van der Waals surface area (Å²) in [5, 5.41) is 0. The summed E-state index contributed by atoms with van der Waals surface area (Å²) in [6.07, 6.45) is 5.99. The number of imidazole rings is 1. The van der Waals surface area contributed by atoms with Crippen LogP contribution in [0.1, 0.15) is 42.0 Å². The van der Waals surface area contributed by atoms with Crippen molar-refractivity contribution in [1.82, 2.24) is 19.0 Å². The molecular formula is C22H26N4O. The number of hydrogen-bond donors (Lipinski definition) is 0. The molecule has 1 amide bonds. The fourth-order valence-corrected chi connectivity index (χ4v) is 4.11. The normalized spacial score (nSPS) is 17.3. The maximum absolute atomic E-state index is 13.2. The van der Waals surface area contributed by atoms with Crippen molar-refractivity contribution in [3.63, 3.8) is 0 Å². The molecule has 1 fully saturated rings. The molecule has 5 heteroatoms. The number of aromatic nitrogens is 3. The van der Waals surface area contributed by atoms with Crippen LogP contribution in [-0.4, -0.2) is 38.0 Å². The minimum Gasteiger partial charge on any atom is -0.340 e. The third-order valence-electron chi connectivity index (χ3n) is 5.57. The van der Waals surface area contributed by atoms with E-state index in [-0.39, 0.29) is 5.91 Å². The molecule has 0 bridgehead atoms. The van der Waals surface area contributed by atoms with Gasteiger partial charge in [0.2, 0.25) is 0 Å². The molecule has 2 aromatic heterocycles. The molecule has 1 unspecified atom stereocenters. The average molecular weight is 362 g/mol. The topological polar surface area (TPSA) is 43.1 Å². The van der Waals surface area contributed by atoms with Crippen molar-refractivity contribution < 1.29 is 4.79 Å². The van der Waals surface area contributed by atoms with Gasteiger partial charge in [-0.05, 0) is 37.5 Å². The summed E-state index contributed by atoms with van der Waals surface area (Å²) in [4.78, 5) is 19.8. The highest BCUT2D eigenvalue weighted by atomic mass is 16.2. The minimum atomic E-state index is 0.110. The molecule has 4 rings (SSSR count). The number of amides is 1. The van der Waals surface area contributed by atoms with Crippen molar-refractivity contribution in [3.8, 4) is 11.3 Å². The van der Waals surface area contributed by atoms with Gasteiger partial charge in [0, 0.05) is 50.7 Å². The fraction of sp³-hybridized carbons (Fsp3) is 0.364. The molecular weight excluding hydrogens is 336 g/mol. The smallest absolute Gasteiger partial charge is 0.270 e. The lowest BCUT2D eigenvalue weighted by Gasteiger charge is -2.32. The summed E-state index contributed by atoms with van der Waals surface area (Å²) in [6.45, 7) is 4.60. The van der Waals surface area contributed by atoms with Crippen molar-refractivity contribution in [2.45, 2.75) is 32.2 Å². The van der Waals surface area contributed by atoms with Crippen LogP contribution in [0.25, 0.3) is 11.3 Å². The van der Waals surface area contributed by atoms with E-state index in [1.807, 2.05) is 59.2 Å². The average Bonchev–Trinajstić information content (AvgIpc) is 3.34. The van der Waals surface area contributed by atoms with Crippen LogP contribution in [0.4, 0.5) is 0 Å². The van der Waals surface area contributed by atoms with Gasteiger partial charge in [-0.15, -0.1) is 0 Å². The van der Waals surface area contributed by atoms with Crippen LogP contribution in [0.5, 0.6) is 0 Å². The second-order valence-corrected chi connectivity index (χ2v) is 7.19. The second-order valence-electron chi connectivity index (χ2n) is 7.19. The number of benzene rings is 1. The number of piperidine rings is 1. The number of nitrogens with zero attached hydrogens (tertiary/aromatic N) is 4. The van der Waals surface area contributed by atoms with E-state index in [1.54, 1.807) is 0 Å². The highest BCUT2D eigenvalue weighted by Crippen LogP contribution is 2.28. The Hall–Kier alpha value is -2.82. The Balaban J connectivity index is 1.55. The molecule has 3 aromatic rings. The van der Waals surface area contributed by atoms with Crippen molar-refractivity contribution in [2.75, 3.05) is 13.1 Å². The molecule has 1 aromatic carbocycles. The van der Waals surface area contributed by atoms with Crippen molar-refractivity contribution in [1.29, 1.82) is 0 Å². The first kappa shape index (κ1) is 17.6. The number of carbonyl (C=O) groups is 1. The number of rotatable bonds is 4. The predicted molar refractivity (Wildman–Crippen MR) is 107 cm³/mol. The molecule has 0 spiro atoms. The molecule has 0 aliphatic carbocycles. The quantitative estimate of drug-likeness (QED) is 0.706. The van der Waals surface area contributed by atoms with Gasteiger partial charge in [0.25, 0.3) is 5.91 Å². The monoisotopic (exact) mass is 362 g/mol. The predicted octanol–water partition coefficient (Wildman–Crippen LogP) is 3.93. The van der Waals surface area contributed by atoms with E-state index >= 15 is 0 Å². The molecule has 0 saturated carbocycles. The fourth-order valence-electron chi connectivity index (χ4n) is 4.11. The summed E-state index contributed by atoms with van der Waals surface area (Å²) in [6, 6.07) is 14.2. The Morgan fingerprint density at radius 2 is 2.00 bits per heavy atom. The number of aryl methyl sites for hydroxylation is 1. The Morgan fingerprint density at radius 3 is 2.78 bits per heavy atom. The minimum absolute atomic E-state index is 0.110. The lowest BCUT2D eigenvalue weighted by molar-refractivity contribution is 0.0694. The van der Waals surface area contributed by atoms with Crippen LogP contribution in [0.3, 0.4) is 0 Å². The first-order valence-corrected chi connectivity index (χ1v) is 9.70. The van der Waals surface area contributed by atoms with E-state index in [9.17, 15) is 4.79 Å². The largest absolute Gasteiger partial charge is 0.340 e. The maximum atomic E-state index is 13.2. The first-order valence-electron chi connectivity index (χ1n) is 9.70. The highest BCUT2D eigenvalue weighted by Gasteiger charge is 2.29. The SMILES string of the molecule is CCn1ccnc1C1CCCN(C(=O)c2ccc(-c3ccccc3)n2C)C1. The van der Waals surface area contributed by atoms with Crippen LogP contribution in [0.2, 0.25) is 0 Å². The molecule has 140 valence electrons. The van der Waals surface area contributed by atoms with Crippen molar-refractivity contribution in [2.24, 2.45) is 7.05 Å². The Kier molecular flexibility index (Phi) is 4.84. The molecule has 1 aliphatic rings. The van der Waals surface area contributed by atoms with Crippen LogP contribution >= 0.6 is 0 Å². The molecule has 5 nitrogen and oxygen atoms in total. The standard InChI is InChI=1S/C22H26N4O/c1-3-25-15-13-23-21(25)18-10-7-14-26(16-18)22(27)20-12-11-19(24(20)2)17-8-5-4-6-9-17/h4-6,8-9,11-13,15,18H,3,7,10,14,16H2,1-2H3. The Labute approximate surface area is 160 Å². The van der Waals surface area contributed by atoms with Gasteiger partial charge < -0.3 is 14.0 Å².